The van der Waals surface area contributed by atoms with Gasteiger partial charge in [0.1, 0.15) is 17.5 Å². The molecular formula is C19H16ClN3O3. The van der Waals surface area contributed by atoms with Crippen LogP contribution < -0.4 is 10.1 Å². The monoisotopic (exact) mass is 369 g/mol. The number of ether oxygens (including phenoxy) is 1. The number of aliphatic hydroxyl groups is 1. The van der Waals surface area contributed by atoms with Crippen molar-refractivity contribution in [3.05, 3.63) is 52.5 Å². The van der Waals surface area contributed by atoms with E-state index in [4.69, 9.17) is 20.9 Å². The van der Waals surface area contributed by atoms with Crippen LogP contribution in [0.3, 0.4) is 0 Å². The molecule has 0 amide bonds. The minimum atomic E-state index is -0.872. The van der Waals surface area contributed by atoms with E-state index in [1.165, 1.54) is 0 Å². The van der Waals surface area contributed by atoms with Crippen LogP contribution in [-0.2, 0) is 0 Å². The minimum Gasteiger partial charge on any atom is -0.485 e. The number of hydrogen-bond donors (Lipinski definition) is 2. The van der Waals surface area contributed by atoms with Crippen molar-refractivity contribution < 1.29 is 14.4 Å². The minimum absolute atomic E-state index is 0.489. The van der Waals surface area contributed by atoms with Gasteiger partial charge in [0.2, 0.25) is 0 Å². The first kappa shape index (κ1) is 16.7. The van der Waals surface area contributed by atoms with Crippen molar-refractivity contribution in [2.45, 2.75) is 31.6 Å². The molecule has 0 unspecified atom stereocenters. The van der Waals surface area contributed by atoms with Gasteiger partial charge in [-0.25, -0.2) is 0 Å². The van der Waals surface area contributed by atoms with Crippen molar-refractivity contribution in [2.24, 2.45) is 0 Å². The maximum absolute atomic E-state index is 10.9. The molecule has 0 saturated carbocycles. The quantitative estimate of drug-likeness (QED) is 0.708. The highest BCUT2D eigenvalue weighted by Gasteiger charge is 2.43. The average Bonchev–Trinajstić information content (AvgIpc) is 3.00. The smallest absolute Gasteiger partial charge is 0.177 e. The molecule has 26 heavy (non-hydrogen) atoms. The molecular weight excluding hydrogens is 354 g/mol. The predicted octanol–water partition coefficient (Wildman–Crippen LogP) is 4.04. The zero-order valence-electron chi connectivity index (χ0n) is 14.2. The van der Waals surface area contributed by atoms with E-state index >= 15 is 0 Å². The largest absolute Gasteiger partial charge is 0.485 e. The number of fused-ring (bicyclic) bond motifs is 2. The van der Waals surface area contributed by atoms with E-state index in [0.717, 1.165) is 5.39 Å². The van der Waals surface area contributed by atoms with Crippen LogP contribution in [0.1, 0.15) is 31.0 Å². The summed E-state index contributed by atoms with van der Waals surface area (Å²) in [7, 11) is 0. The lowest BCUT2D eigenvalue weighted by Crippen LogP contribution is -2.50. The lowest BCUT2D eigenvalue weighted by atomic mass is 9.86. The first-order valence-corrected chi connectivity index (χ1v) is 8.49. The Kier molecular flexibility index (Phi) is 3.79. The number of halogens is 1. The number of aromatic nitrogens is 1. The third-order valence-corrected chi connectivity index (χ3v) is 4.84. The fourth-order valence-electron chi connectivity index (χ4n) is 3.19. The van der Waals surface area contributed by atoms with Crippen LogP contribution >= 0.6 is 11.6 Å². The van der Waals surface area contributed by atoms with Crippen molar-refractivity contribution in [1.82, 2.24) is 5.16 Å². The zero-order chi connectivity index (χ0) is 18.5. The summed E-state index contributed by atoms with van der Waals surface area (Å²) in [6.45, 7) is 3.63. The number of rotatable bonds is 2. The van der Waals surface area contributed by atoms with Crippen LogP contribution in [-0.4, -0.2) is 22.0 Å². The van der Waals surface area contributed by atoms with Gasteiger partial charge in [0.15, 0.2) is 11.4 Å². The summed E-state index contributed by atoms with van der Waals surface area (Å²) < 4.78 is 11.3. The van der Waals surface area contributed by atoms with E-state index < -0.39 is 17.7 Å². The molecule has 1 aliphatic heterocycles. The van der Waals surface area contributed by atoms with Gasteiger partial charge in [-0.1, -0.05) is 16.8 Å². The molecule has 6 nitrogen and oxygen atoms in total. The predicted molar refractivity (Wildman–Crippen MR) is 97.3 cm³/mol. The average molecular weight is 370 g/mol. The number of nitrogens with one attached hydrogen (secondary N) is 1. The third kappa shape index (κ3) is 2.66. The van der Waals surface area contributed by atoms with Gasteiger partial charge in [0.05, 0.1) is 23.1 Å². The second-order valence-corrected chi connectivity index (χ2v) is 7.24. The maximum atomic E-state index is 10.9. The van der Waals surface area contributed by atoms with Crippen LogP contribution in [0.2, 0.25) is 5.02 Å². The molecule has 0 radical (unpaired) electrons. The second kappa shape index (κ2) is 5.90. The molecule has 2 aromatic carbocycles. The van der Waals surface area contributed by atoms with Crippen LogP contribution in [0.5, 0.6) is 5.75 Å². The second-order valence-electron chi connectivity index (χ2n) is 6.81. The Morgan fingerprint density at radius 3 is 2.85 bits per heavy atom. The van der Waals surface area contributed by atoms with Gasteiger partial charge in [0.25, 0.3) is 0 Å². The molecule has 3 aromatic rings. The molecule has 7 heteroatoms. The first-order chi connectivity index (χ1) is 12.4. The van der Waals surface area contributed by atoms with Crippen LogP contribution in [0.4, 0.5) is 5.82 Å². The lowest BCUT2D eigenvalue weighted by molar-refractivity contribution is -0.0533. The van der Waals surface area contributed by atoms with Crippen LogP contribution in [0.15, 0.2) is 40.9 Å². The Morgan fingerprint density at radius 1 is 1.27 bits per heavy atom. The van der Waals surface area contributed by atoms with Gasteiger partial charge in [-0.3, -0.25) is 0 Å². The Hall–Kier alpha value is -2.75. The molecule has 4 rings (SSSR count). The summed E-state index contributed by atoms with van der Waals surface area (Å²) in [5.41, 5.74) is 0.914. The Balaban J connectivity index is 1.80. The van der Waals surface area contributed by atoms with E-state index in [1.807, 2.05) is 13.8 Å². The number of aliphatic hydroxyl groups excluding tert-OH is 1. The lowest BCUT2D eigenvalue weighted by Gasteiger charge is -2.42. The summed E-state index contributed by atoms with van der Waals surface area (Å²) in [5, 5.41) is 28.7. The molecule has 0 fully saturated rings. The molecule has 1 aliphatic rings. The fourth-order valence-corrected chi connectivity index (χ4v) is 3.35. The molecule has 0 spiro atoms. The number of hydrogen-bond acceptors (Lipinski definition) is 6. The molecule has 2 heterocycles. The van der Waals surface area contributed by atoms with Gasteiger partial charge in [0, 0.05) is 16.7 Å². The summed E-state index contributed by atoms with van der Waals surface area (Å²) >= 11 is 5.99. The van der Waals surface area contributed by atoms with Crippen LogP contribution in [0, 0.1) is 11.3 Å². The molecule has 2 atom stereocenters. The Morgan fingerprint density at radius 2 is 2.08 bits per heavy atom. The van der Waals surface area contributed by atoms with Crippen LogP contribution in [0.25, 0.3) is 11.0 Å². The highest BCUT2D eigenvalue weighted by molar-refractivity contribution is 6.31. The number of nitrogens with zero attached hydrogens (tertiary/aromatic N) is 2. The van der Waals surface area contributed by atoms with Crippen molar-refractivity contribution in [3.8, 4) is 11.8 Å². The summed E-state index contributed by atoms with van der Waals surface area (Å²) in [4.78, 5) is 0. The van der Waals surface area contributed by atoms with E-state index in [2.05, 4.69) is 16.5 Å². The highest BCUT2D eigenvalue weighted by Crippen LogP contribution is 2.42. The van der Waals surface area contributed by atoms with Gasteiger partial charge in [-0.15, -0.1) is 0 Å². The molecule has 2 N–H and O–H groups in total. The van der Waals surface area contributed by atoms with Gasteiger partial charge >= 0.3 is 0 Å². The summed E-state index contributed by atoms with van der Waals surface area (Å²) in [6, 6.07) is 12.0. The highest BCUT2D eigenvalue weighted by atomic mass is 35.5. The maximum Gasteiger partial charge on any atom is 0.177 e. The van der Waals surface area contributed by atoms with E-state index in [-0.39, 0.29) is 0 Å². The SMILES string of the molecule is CC1(C)Oc2ccc(C#N)cc2[C@@H](Nc2noc3cc(Cl)ccc23)[C@@H]1O. The Bertz CT molecular complexity index is 1040. The van der Waals surface area contributed by atoms with Gasteiger partial charge in [-0.05, 0) is 44.2 Å². The summed E-state index contributed by atoms with van der Waals surface area (Å²) in [6.07, 6.45) is -0.872. The van der Waals surface area contributed by atoms with Crippen molar-refractivity contribution in [2.75, 3.05) is 5.32 Å². The first-order valence-electron chi connectivity index (χ1n) is 8.11. The van der Waals surface area contributed by atoms with Crippen molar-refractivity contribution in [3.63, 3.8) is 0 Å². The molecule has 0 saturated heterocycles. The number of nitriles is 1. The third-order valence-electron chi connectivity index (χ3n) is 4.60. The molecule has 1 aromatic heterocycles. The zero-order valence-corrected chi connectivity index (χ0v) is 14.9. The molecule has 0 bridgehead atoms. The topological polar surface area (TPSA) is 91.3 Å². The van der Waals surface area contributed by atoms with Crippen molar-refractivity contribution >= 4 is 28.4 Å². The van der Waals surface area contributed by atoms with E-state index in [1.54, 1.807) is 36.4 Å². The number of anilines is 1. The Labute approximate surface area is 154 Å². The molecule has 0 aliphatic carbocycles. The van der Waals surface area contributed by atoms with E-state index in [0.29, 0.717) is 33.3 Å². The molecule has 132 valence electrons. The standard InChI is InChI=1S/C19H16ClN3O3/c1-19(2)17(24)16(13-7-10(9-21)3-6-14(13)25-19)22-18-12-5-4-11(20)8-15(12)26-23-18/h3-8,16-17,24H,1-2H3,(H,22,23)/t16-,17+/m1/s1. The fraction of sp³-hybridized carbons (Fsp3) is 0.263. The van der Waals surface area contributed by atoms with Crippen molar-refractivity contribution in [1.29, 1.82) is 5.26 Å². The van der Waals surface area contributed by atoms with Gasteiger partial charge < -0.3 is 19.7 Å². The van der Waals surface area contributed by atoms with E-state index in [9.17, 15) is 10.4 Å². The van der Waals surface area contributed by atoms with Gasteiger partial charge in [-0.2, -0.15) is 5.26 Å². The summed E-state index contributed by atoms with van der Waals surface area (Å²) in [5.74, 6) is 1.11. The normalized spacial score (nSPS) is 20.9. The number of benzene rings is 2.